The van der Waals surface area contributed by atoms with Crippen molar-refractivity contribution in [1.82, 2.24) is 9.97 Å². The van der Waals surface area contributed by atoms with E-state index in [4.69, 9.17) is 9.47 Å². The van der Waals surface area contributed by atoms with E-state index in [1.54, 1.807) is 6.07 Å². The molecule has 0 bridgehead atoms. The highest BCUT2D eigenvalue weighted by atomic mass is 19.1. The number of carbonyl (C=O) groups is 1. The topological polar surface area (TPSA) is 61.3 Å². The van der Waals surface area contributed by atoms with Crippen molar-refractivity contribution in [2.45, 2.75) is 52.4 Å². The second-order valence-corrected chi connectivity index (χ2v) is 7.63. The SMILES string of the molecule is CCCCCCOc1ccc(C(=O)Oc2cnc(-c3ccc(CCC)cc3)nc2)c(F)c1. The van der Waals surface area contributed by atoms with Crippen molar-refractivity contribution < 1.29 is 18.7 Å². The number of halogens is 1. The number of carbonyl (C=O) groups excluding carboxylic acids is 1. The van der Waals surface area contributed by atoms with Gasteiger partial charge in [0.15, 0.2) is 11.6 Å². The number of ether oxygens (including phenoxy) is 2. The molecule has 1 aromatic heterocycles. The second kappa shape index (κ2) is 11.9. The highest BCUT2D eigenvalue weighted by Crippen LogP contribution is 2.21. The minimum Gasteiger partial charge on any atom is -0.493 e. The van der Waals surface area contributed by atoms with Gasteiger partial charge in [0.25, 0.3) is 0 Å². The van der Waals surface area contributed by atoms with Gasteiger partial charge in [-0.2, -0.15) is 0 Å². The van der Waals surface area contributed by atoms with Gasteiger partial charge in [-0.05, 0) is 30.5 Å². The number of hydrogen-bond donors (Lipinski definition) is 0. The summed E-state index contributed by atoms with van der Waals surface area (Å²) in [7, 11) is 0. The van der Waals surface area contributed by atoms with E-state index in [9.17, 15) is 9.18 Å². The van der Waals surface area contributed by atoms with Gasteiger partial charge in [-0.3, -0.25) is 0 Å². The van der Waals surface area contributed by atoms with Crippen molar-refractivity contribution in [3.8, 4) is 22.9 Å². The molecule has 5 nitrogen and oxygen atoms in total. The lowest BCUT2D eigenvalue weighted by atomic mass is 10.1. The maximum Gasteiger partial charge on any atom is 0.346 e. The van der Waals surface area contributed by atoms with Crippen molar-refractivity contribution in [3.05, 3.63) is 71.8 Å². The van der Waals surface area contributed by atoms with Crippen LogP contribution in [0.2, 0.25) is 0 Å². The predicted molar refractivity (Wildman–Crippen MR) is 122 cm³/mol. The number of nitrogens with zero attached hydrogens (tertiary/aromatic N) is 2. The molecule has 0 saturated carbocycles. The molecule has 1 heterocycles. The first kappa shape index (κ1) is 23.4. The van der Waals surface area contributed by atoms with E-state index in [0.717, 1.165) is 44.1 Å². The van der Waals surface area contributed by atoms with Crippen LogP contribution in [0.3, 0.4) is 0 Å². The molecule has 0 amide bonds. The van der Waals surface area contributed by atoms with Gasteiger partial charge in [-0.1, -0.05) is 63.8 Å². The molecule has 0 aliphatic rings. The number of rotatable bonds is 11. The fourth-order valence-electron chi connectivity index (χ4n) is 3.26. The van der Waals surface area contributed by atoms with E-state index < -0.39 is 11.8 Å². The smallest absolute Gasteiger partial charge is 0.346 e. The van der Waals surface area contributed by atoms with Crippen LogP contribution in [0.5, 0.6) is 11.5 Å². The van der Waals surface area contributed by atoms with Crippen molar-refractivity contribution >= 4 is 5.97 Å². The standard InChI is InChI=1S/C26H29FN2O3/c1-3-5-6-7-15-31-21-13-14-23(24(27)16-21)26(30)32-22-17-28-25(29-18-22)20-11-9-19(8-4-2)10-12-20/h9-14,16-18H,3-8,15H2,1-2H3. The molecule has 0 spiro atoms. The Hall–Kier alpha value is -3.28. The van der Waals surface area contributed by atoms with Crippen LogP contribution in [0, 0.1) is 5.82 Å². The summed E-state index contributed by atoms with van der Waals surface area (Å²) in [5, 5.41) is 0. The Balaban J connectivity index is 1.58. The molecule has 0 atom stereocenters. The number of aromatic nitrogens is 2. The van der Waals surface area contributed by atoms with Gasteiger partial charge in [0.1, 0.15) is 11.6 Å². The summed E-state index contributed by atoms with van der Waals surface area (Å²) in [6.45, 7) is 4.80. The molecule has 2 aromatic carbocycles. The van der Waals surface area contributed by atoms with E-state index in [1.807, 2.05) is 12.1 Å². The summed E-state index contributed by atoms with van der Waals surface area (Å²) in [5.74, 6) is -0.423. The molecular formula is C26H29FN2O3. The van der Waals surface area contributed by atoms with E-state index in [2.05, 4.69) is 35.9 Å². The van der Waals surface area contributed by atoms with Crippen LogP contribution in [0.25, 0.3) is 11.4 Å². The monoisotopic (exact) mass is 436 g/mol. The number of hydrogen-bond acceptors (Lipinski definition) is 5. The Morgan fingerprint density at radius 3 is 2.31 bits per heavy atom. The van der Waals surface area contributed by atoms with Crippen LogP contribution in [0.4, 0.5) is 4.39 Å². The van der Waals surface area contributed by atoms with E-state index in [1.165, 1.54) is 30.1 Å². The first-order valence-corrected chi connectivity index (χ1v) is 11.2. The first-order chi connectivity index (χ1) is 15.6. The molecule has 0 unspecified atom stereocenters. The zero-order valence-corrected chi connectivity index (χ0v) is 18.6. The molecule has 0 radical (unpaired) electrons. The average molecular weight is 437 g/mol. The molecular weight excluding hydrogens is 407 g/mol. The van der Waals surface area contributed by atoms with Crippen LogP contribution in [0.1, 0.15) is 61.9 Å². The molecule has 0 saturated heterocycles. The molecule has 3 aromatic rings. The lowest BCUT2D eigenvalue weighted by molar-refractivity contribution is 0.0728. The third kappa shape index (κ3) is 6.61. The minimum atomic E-state index is -0.808. The van der Waals surface area contributed by atoms with E-state index >= 15 is 0 Å². The highest BCUT2D eigenvalue weighted by Gasteiger charge is 2.16. The van der Waals surface area contributed by atoms with E-state index in [-0.39, 0.29) is 11.3 Å². The first-order valence-electron chi connectivity index (χ1n) is 11.2. The van der Waals surface area contributed by atoms with Crippen molar-refractivity contribution in [2.75, 3.05) is 6.61 Å². The number of unbranched alkanes of at least 4 members (excludes halogenated alkanes) is 3. The molecule has 0 aliphatic heterocycles. The molecule has 168 valence electrons. The van der Waals surface area contributed by atoms with Gasteiger partial charge >= 0.3 is 5.97 Å². The quantitative estimate of drug-likeness (QED) is 0.257. The molecule has 6 heteroatoms. The van der Waals surface area contributed by atoms with Gasteiger partial charge in [-0.25, -0.2) is 19.2 Å². The number of aryl methyl sites for hydroxylation is 1. The third-order valence-electron chi connectivity index (χ3n) is 5.02. The predicted octanol–water partition coefficient (Wildman–Crippen LogP) is 6.41. The second-order valence-electron chi connectivity index (χ2n) is 7.63. The summed E-state index contributed by atoms with van der Waals surface area (Å²) in [4.78, 5) is 20.9. The van der Waals surface area contributed by atoms with E-state index in [0.29, 0.717) is 18.2 Å². The highest BCUT2D eigenvalue weighted by molar-refractivity contribution is 5.91. The average Bonchev–Trinajstić information content (AvgIpc) is 2.80. The van der Waals surface area contributed by atoms with Crippen LogP contribution < -0.4 is 9.47 Å². The summed E-state index contributed by atoms with van der Waals surface area (Å²) in [6, 6.07) is 12.2. The van der Waals surface area contributed by atoms with Crippen molar-refractivity contribution in [1.29, 1.82) is 0 Å². The summed E-state index contributed by atoms with van der Waals surface area (Å²) in [5.41, 5.74) is 1.97. The fraction of sp³-hybridized carbons (Fsp3) is 0.346. The number of esters is 1. The Kier molecular flexibility index (Phi) is 8.72. The molecule has 0 fully saturated rings. The fourth-order valence-corrected chi connectivity index (χ4v) is 3.26. The zero-order valence-electron chi connectivity index (χ0n) is 18.6. The van der Waals surface area contributed by atoms with Gasteiger partial charge in [0.05, 0.1) is 24.6 Å². The van der Waals surface area contributed by atoms with Crippen LogP contribution in [0.15, 0.2) is 54.9 Å². The molecule has 3 rings (SSSR count). The minimum absolute atomic E-state index is 0.150. The molecule has 32 heavy (non-hydrogen) atoms. The van der Waals surface area contributed by atoms with Crippen molar-refractivity contribution in [2.24, 2.45) is 0 Å². The maximum absolute atomic E-state index is 14.4. The third-order valence-corrected chi connectivity index (χ3v) is 5.02. The Morgan fingerprint density at radius 1 is 0.906 bits per heavy atom. The van der Waals surface area contributed by atoms with Gasteiger partial charge < -0.3 is 9.47 Å². The van der Waals surface area contributed by atoms with Crippen LogP contribution >= 0.6 is 0 Å². The summed E-state index contributed by atoms with van der Waals surface area (Å²) in [6.07, 6.45) is 9.22. The van der Waals surface area contributed by atoms with Gasteiger partial charge in [-0.15, -0.1) is 0 Å². The normalized spacial score (nSPS) is 10.7. The molecule has 0 N–H and O–H groups in total. The Morgan fingerprint density at radius 2 is 1.66 bits per heavy atom. The Bertz CT molecular complexity index is 1000. The molecule has 0 aliphatic carbocycles. The van der Waals surface area contributed by atoms with Gasteiger partial charge in [0.2, 0.25) is 0 Å². The lowest BCUT2D eigenvalue weighted by Gasteiger charge is -2.09. The lowest BCUT2D eigenvalue weighted by Crippen LogP contribution is -2.11. The maximum atomic E-state index is 14.4. The largest absolute Gasteiger partial charge is 0.493 e. The van der Waals surface area contributed by atoms with Crippen LogP contribution in [-0.2, 0) is 6.42 Å². The van der Waals surface area contributed by atoms with Crippen LogP contribution in [-0.4, -0.2) is 22.5 Å². The van der Waals surface area contributed by atoms with Crippen molar-refractivity contribution in [3.63, 3.8) is 0 Å². The zero-order chi connectivity index (χ0) is 22.8. The van der Waals surface area contributed by atoms with Gasteiger partial charge in [0, 0.05) is 11.6 Å². The summed E-state index contributed by atoms with van der Waals surface area (Å²) >= 11 is 0. The Labute approximate surface area is 188 Å². The number of benzene rings is 2. The summed E-state index contributed by atoms with van der Waals surface area (Å²) < 4.78 is 25.2.